The van der Waals surface area contributed by atoms with Crippen molar-refractivity contribution in [2.45, 2.75) is 45.6 Å². The predicted octanol–water partition coefficient (Wildman–Crippen LogP) is 1.29. The number of likely N-dealkylation sites (tertiary alicyclic amines) is 1. The Morgan fingerprint density at radius 1 is 1.43 bits per heavy atom. The highest BCUT2D eigenvalue weighted by molar-refractivity contribution is 5.80. The lowest BCUT2D eigenvalue weighted by molar-refractivity contribution is 0.151. The van der Waals surface area contributed by atoms with Crippen molar-refractivity contribution in [1.82, 2.24) is 25.0 Å². The molecule has 6 heteroatoms. The Morgan fingerprint density at radius 3 is 2.90 bits per heavy atom. The van der Waals surface area contributed by atoms with Crippen LogP contribution in [0.4, 0.5) is 0 Å². The molecule has 0 bridgehead atoms. The van der Waals surface area contributed by atoms with Crippen LogP contribution in [0.5, 0.6) is 0 Å². The third-order valence-electron chi connectivity index (χ3n) is 5.01. The molecule has 2 heterocycles. The molecule has 1 aromatic heterocycles. The van der Waals surface area contributed by atoms with Gasteiger partial charge in [-0.25, -0.2) is 0 Å². The molecule has 1 aliphatic carbocycles. The topological polar surface area (TPSA) is 58.3 Å². The lowest BCUT2D eigenvalue weighted by Gasteiger charge is -2.38. The van der Waals surface area contributed by atoms with E-state index in [2.05, 4.69) is 36.9 Å². The van der Waals surface area contributed by atoms with Crippen LogP contribution in [-0.2, 0) is 13.0 Å². The van der Waals surface area contributed by atoms with E-state index in [0.717, 1.165) is 37.8 Å². The van der Waals surface area contributed by atoms with Gasteiger partial charge in [-0.15, -0.1) is 10.2 Å². The molecule has 0 aromatic carbocycles. The van der Waals surface area contributed by atoms with Gasteiger partial charge in [-0.05, 0) is 24.7 Å². The summed E-state index contributed by atoms with van der Waals surface area (Å²) in [5.74, 6) is 2.09. The quantitative estimate of drug-likeness (QED) is 0.670. The van der Waals surface area contributed by atoms with Gasteiger partial charge in [0.15, 0.2) is 5.96 Å². The zero-order valence-electron chi connectivity index (χ0n) is 13.2. The first kappa shape index (κ1) is 14.4. The fraction of sp³-hybridized carbons (Fsp3) is 0.800. The second kappa shape index (κ2) is 6.03. The highest BCUT2D eigenvalue weighted by Crippen LogP contribution is 2.47. The number of hydrogen-bond acceptors (Lipinski definition) is 3. The van der Waals surface area contributed by atoms with Crippen LogP contribution in [0.15, 0.2) is 11.3 Å². The van der Waals surface area contributed by atoms with E-state index in [1.54, 1.807) is 0 Å². The molecule has 1 aromatic rings. The Balaban J connectivity index is 1.49. The first-order valence-corrected chi connectivity index (χ1v) is 8.09. The number of aromatic nitrogens is 3. The van der Waals surface area contributed by atoms with Crippen LogP contribution >= 0.6 is 0 Å². The van der Waals surface area contributed by atoms with Gasteiger partial charge in [0.1, 0.15) is 12.2 Å². The Hall–Kier alpha value is -1.59. The minimum Gasteiger partial charge on any atom is -0.354 e. The zero-order valence-corrected chi connectivity index (χ0v) is 13.2. The normalized spacial score (nSPS) is 20.9. The van der Waals surface area contributed by atoms with Gasteiger partial charge in [-0.1, -0.05) is 13.3 Å². The number of nitrogens with zero attached hydrogens (tertiary/aromatic N) is 5. The standard InChI is InChI=1S/C15H26N6/c1-3-13-19-18-12-21(13)10-8-17-14(16-2)20-9-7-15(11-20)5-4-6-15/h12H,3-11H2,1-2H3,(H,16,17). The van der Waals surface area contributed by atoms with E-state index >= 15 is 0 Å². The molecule has 116 valence electrons. The molecule has 1 saturated heterocycles. The first-order valence-electron chi connectivity index (χ1n) is 8.09. The van der Waals surface area contributed by atoms with Crippen LogP contribution in [0.25, 0.3) is 0 Å². The van der Waals surface area contributed by atoms with E-state index < -0.39 is 0 Å². The maximum absolute atomic E-state index is 4.45. The van der Waals surface area contributed by atoms with E-state index in [1.165, 1.54) is 32.2 Å². The fourth-order valence-electron chi connectivity index (χ4n) is 3.56. The second-order valence-electron chi connectivity index (χ2n) is 6.29. The summed E-state index contributed by atoms with van der Waals surface area (Å²) in [6.45, 7) is 6.18. The monoisotopic (exact) mass is 290 g/mol. The third kappa shape index (κ3) is 2.89. The highest BCUT2D eigenvalue weighted by atomic mass is 15.3. The second-order valence-corrected chi connectivity index (χ2v) is 6.29. The molecule has 1 saturated carbocycles. The zero-order chi connectivity index (χ0) is 14.7. The number of rotatable bonds is 4. The number of guanidine groups is 1. The molecule has 0 radical (unpaired) electrons. The van der Waals surface area contributed by atoms with Crippen molar-refractivity contribution in [3.05, 3.63) is 12.2 Å². The van der Waals surface area contributed by atoms with Crippen LogP contribution < -0.4 is 5.32 Å². The lowest BCUT2D eigenvalue weighted by atomic mass is 9.68. The van der Waals surface area contributed by atoms with E-state index in [4.69, 9.17) is 0 Å². The molecule has 1 N–H and O–H groups in total. The van der Waals surface area contributed by atoms with Crippen molar-refractivity contribution in [2.24, 2.45) is 10.4 Å². The van der Waals surface area contributed by atoms with E-state index in [0.29, 0.717) is 5.41 Å². The van der Waals surface area contributed by atoms with Crippen LogP contribution in [-0.4, -0.2) is 52.3 Å². The van der Waals surface area contributed by atoms with Gasteiger partial charge in [-0.3, -0.25) is 4.99 Å². The summed E-state index contributed by atoms with van der Waals surface area (Å²) in [6.07, 6.45) is 8.28. The average molecular weight is 290 g/mol. The van der Waals surface area contributed by atoms with E-state index in [9.17, 15) is 0 Å². The first-order chi connectivity index (χ1) is 10.3. The van der Waals surface area contributed by atoms with Crippen molar-refractivity contribution >= 4 is 5.96 Å². The Morgan fingerprint density at radius 2 is 2.29 bits per heavy atom. The van der Waals surface area contributed by atoms with Gasteiger partial charge in [0, 0.05) is 39.6 Å². The fourth-order valence-corrected chi connectivity index (χ4v) is 3.56. The van der Waals surface area contributed by atoms with E-state index in [-0.39, 0.29) is 0 Å². The molecule has 3 rings (SSSR count). The Labute approximate surface area is 126 Å². The molecule has 1 aliphatic heterocycles. The van der Waals surface area contributed by atoms with Gasteiger partial charge in [-0.2, -0.15) is 0 Å². The largest absolute Gasteiger partial charge is 0.354 e. The summed E-state index contributed by atoms with van der Waals surface area (Å²) in [4.78, 5) is 6.87. The third-order valence-corrected chi connectivity index (χ3v) is 5.01. The molecular weight excluding hydrogens is 264 g/mol. The molecule has 0 atom stereocenters. The summed E-state index contributed by atoms with van der Waals surface area (Å²) in [6, 6.07) is 0. The summed E-state index contributed by atoms with van der Waals surface area (Å²) in [5.41, 5.74) is 0.612. The van der Waals surface area contributed by atoms with Crippen molar-refractivity contribution in [3.63, 3.8) is 0 Å². The number of aryl methyl sites for hydroxylation is 1. The summed E-state index contributed by atoms with van der Waals surface area (Å²) in [5, 5.41) is 11.6. The van der Waals surface area contributed by atoms with Crippen molar-refractivity contribution in [1.29, 1.82) is 0 Å². The maximum Gasteiger partial charge on any atom is 0.193 e. The highest BCUT2D eigenvalue weighted by Gasteiger charge is 2.43. The van der Waals surface area contributed by atoms with Crippen LogP contribution in [0.2, 0.25) is 0 Å². The summed E-state index contributed by atoms with van der Waals surface area (Å²) in [7, 11) is 1.88. The van der Waals surface area contributed by atoms with Gasteiger partial charge in [0.05, 0.1) is 0 Å². The Kier molecular flexibility index (Phi) is 4.12. The van der Waals surface area contributed by atoms with Gasteiger partial charge < -0.3 is 14.8 Å². The molecule has 2 aliphatic rings. The number of nitrogens with one attached hydrogen (secondary N) is 1. The molecular formula is C15H26N6. The minimum atomic E-state index is 0.612. The average Bonchev–Trinajstić information content (AvgIpc) is 3.09. The van der Waals surface area contributed by atoms with E-state index in [1.807, 2.05) is 13.4 Å². The van der Waals surface area contributed by atoms with Gasteiger partial charge >= 0.3 is 0 Å². The number of aliphatic imine (C=N–C) groups is 1. The minimum absolute atomic E-state index is 0.612. The molecule has 21 heavy (non-hydrogen) atoms. The SMILES string of the molecule is CCc1nncn1CCNC(=NC)N1CCC2(CCC2)C1. The van der Waals surface area contributed by atoms with Gasteiger partial charge in [0.2, 0.25) is 0 Å². The molecule has 6 nitrogen and oxygen atoms in total. The smallest absolute Gasteiger partial charge is 0.193 e. The van der Waals surface area contributed by atoms with Crippen LogP contribution in [0.3, 0.4) is 0 Å². The Bertz CT molecular complexity index is 502. The predicted molar refractivity (Wildman–Crippen MR) is 83.2 cm³/mol. The van der Waals surface area contributed by atoms with Crippen molar-refractivity contribution < 1.29 is 0 Å². The maximum atomic E-state index is 4.45. The molecule has 2 fully saturated rings. The lowest BCUT2D eigenvalue weighted by Crippen LogP contribution is -2.43. The van der Waals surface area contributed by atoms with Gasteiger partial charge in [0.25, 0.3) is 0 Å². The molecule has 0 amide bonds. The molecule has 1 spiro atoms. The van der Waals surface area contributed by atoms with Crippen LogP contribution in [0, 0.1) is 5.41 Å². The summed E-state index contributed by atoms with van der Waals surface area (Å²) >= 11 is 0. The number of hydrogen-bond donors (Lipinski definition) is 1. The van der Waals surface area contributed by atoms with Crippen molar-refractivity contribution in [2.75, 3.05) is 26.7 Å². The molecule has 0 unspecified atom stereocenters. The summed E-state index contributed by atoms with van der Waals surface area (Å²) < 4.78 is 2.11. The van der Waals surface area contributed by atoms with Crippen LogP contribution in [0.1, 0.15) is 38.4 Å². The van der Waals surface area contributed by atoms with Crippen molar-refractivity contribution in [3.8, 4) is 0 Å².